The number of rotatable bonds is 3. The molecule has 0 bridgehead atoms. The van der Waals surface area contributed by atoms with Gasteiger partial charge in [-0.3, -0.25) is 0 Å². The molecule has 1 nitrogen and oxygen atoms in total. The van der Waals surface area contributed by atoms with Gasteiger partial charge in [0.2, 0.25) is 0 Å². The van der Waals surface area contributed by atoms with Crippen molar-refractivity contribution in [1.82, 2.24) is 0 Å². The standard InChI is InChI=1S/C10H11O.BrH.Mg/c1-9(2)8-11-10-6-4-3-5-7-10;;/h4-7H,1,8H2,2H3;1H;/q-1;;+2/p-1. The Morgan fingerprint density at radius 1 is 1.46 bits per heavy atom. The summed E-state index contributed by atoms with van der Waals surface area (Å²) in [7, 11) is 0. The smallest absolute Gasteiger partial charge is 1.00 e. The third-order valence-electron chi connectivity index (χ3n) is 1.17. The molecule has 0 fully saturated rings. The van der Waals surface area contributed by atoms with Gasteiger partial charge in [0, 0.05) is 5.75 Å². The quantitative estimate of drug-likeness (QED) is 0.383. The van der Waals surface area contributed by atoms with Crippen molar-refractivity contribution < 1.29 is 21.7 Å². The van der Waals surface area contributed by atoms with E-state index in [2.05, 4.69) is 12.6 Å². The predicted octanol–water partition coefficient (Wildman–Crippen LogP) is -0.935. The molecule has 0 aromatic heterocycles. The molecule has 1 aromatic carbocycles. The molecule has 0 unspecified atom stereocenters. The van der Waals surface area contributed by atoms with Crippen molar-refractivity contribution in [2.75, 3.05) is 6.61 Å². The van der Waals surface area contributed by atoms with E-state index in [1.54, 1.807) is 0 Å². The van der Waals surface area contributed by atoms with Gasteiger partial charge < -0.3 is 21.7 Å². The van der Waals surface area contributed by atoms with Crippen LogP contribution in [0.2, 0.25) is 0 Å². The molecule has 0 aliphatic heterocycles. The monoisotopic (exact) mass is 250 g/mol. The van der Waals surface area contributed by atoms with Crippen LogP contribution >= 0.6 is 0 Å². The molecule has 0 atom stereocenters. The van der Waals surface area contributed by atoms with E-state index in [9.17, 15) is 0 Å². The molecular weight excluding hydrogens is 240 g/mol. The maximum atomic E-state index is 5.35. The van der Waals surface area contributed by atoms with Gasteiger partial charge in [0.1, 0.15) is 6.61 Å². The zero-order chi connectivity index (χ0) is 8.10. The van der Waals surface area contributed by atoms with Gasteiger partial charge >= 0.3 is 23.1 Å². The second kappa shape index (κ2) is 8.60. The van der Waals surface area contributed by atoms with Crippen LogP contribution in [0, 0.1) is 6.07 Å². The summed E-state index contributed by atoms with van der Waals surface area (Å²) in [6.45, 7) is 6.26. The predicted molar refractivity (Wildman–Crippen MR) is 51.3 cm³/mol. The van der Waals surface area contributed by atoms with Crippen LogP contribution in [0.5, 0.6) is 5.75 Å². The van der Waals surface area contributed by atoms with Crippen molar-refractivity contribution in [3.05, 3.63) is 42.5 Å². The normalized spacial score (nSPS) is 7.77. The summed E-state index contributed by atoms with van der Waals surface area (Å²) in [5, 5.41) is 0. The first-order valence-corrected chi connectivity index (χ1v) is 3.52. The molecule has 0 radical (unpaired) electrons. The molecule has 0 spiro atoms. The first-order chi connectivity index (χ1) is 5.29. The zero-order valence-corrected chi connectivity index (χ0v) is 10.7. The molecule has 1 rings (SSSR count). The molecule has 0 aliphatic carbocycles. The van der Waals surface area contributed by atoms with Crippen LogP contribution in [0.4, 0.5) is 0 Å². The maximum absolute atomic E-state index is 5.35. The molecule has 66 valence electrons. The van der Waals surface area contributed by atoms with Gasteiger partial charge in [0.15, 0.2) is 0 Å². The molecule has 0 aliphatic rings. The van der Waals surface area contributed by atoms with Crippen molar-refractivity contribution in [2.45, 2.75) is 6.92 Å². The van der Waals surface area contributed by atoms with Gasteiger partial charge in [-0.15, -0.1) is 12.1 Å². The van der Waals surface area contributed by atoms with Crippen molar-refractivity contribution in [3.63, 3.8) is 0 Å². The Balaban J connectivity index is 0. The van der Waals surface area contributed by atoms with Gasteiger partial charge in [-0.1, -0.05) is 6.58 Å². The fourth-order valence-corrected chi connectivity index (χ4v) is 0.674. The van der Waals surface area contributed by atoms with Crippen LogP contribution in [0.3, 0.4) is 0 Å². The van der Waals surface area contributed by atoms with E-state index in [0.717, 1.165) is 11.3 Å². The number of hydrogen-bond acceptors (Lipinski definition) is 1. The van der Waals surface area contributed by atoms with Gasteiger partial charge in [-0.2, -0.15) is 18.2 Å². The summed E-state index contributed by atoms with van der Waals surface area (Å²) < 4.78 is 5.35. The average molecular weight is 251 g/mol. The summed E-state index contributed by atoms with van der Waals surface area (Å²) in [6, 6.07) is 10.3. The Kier molecular flexibility index (Phi) is 10.2. The van der Waals surface area contributed by atoms with Crippen LogP contribution < -0.4 is 21.7 Å². The third kappa shape index (κ3) is 7.11. The molecule has 0 saturated heterocycles. The van der Waals surface area contributed by atoms with E-state index in [4.69, 9.17) is 4.74 Å². The van der Waals surface area contributed by atoms with E-state index in [-0.39, 0.29) is 40.0 Å². The maximum Gasteiger partial charge on any atom is 2.00 e. The molecule has 0 amide bonds. The molecule has 0 heterocycles. The van der Waals surface area contributed by atoms with Crippen LogP contribution in [0.25, 0.3) is 0 Å². The van der Waals surface area contributed by atoms with Crippen LogP contribution in [0.15, 0.2) is 36.4 Å². The van der Waals surface area contributed by atoms with Gasteiger partial charge in [0.25, 0.3) is 0 Å². The molecule has 0 saturated carbocycles. The molecule has 13 heavy (non-hydrogen) atoms. The molecule has 0 N–H and O–H groups in total. The molecule has 3 heteroatoms. The Labute approximate surface area is 106 Å². The average Bonchev–Trinajstić information content (AvgIpc) is 2.03. The van der Waals surface area contributed by atoms with Crippen molar-refractivity contribution >= 4 is 23.1 Å². The summed E-state index contributed by atoms with van der Waals surface area (Å²) >= 11 is 0. The fraction of sp³-hybridized carbons (Fsp3) is 0.200. The Morgan fingerprint density at radius 3 is 2.46 bits per heavy atom. The number of hydrogen-bond donors (Lipinski definition) is 0. The van der Waals surface area contributed by atoms with E-state index < -0.39 is 0 Å². The van der Waals surface area contributed by atoms with Crippen molar-refractivity contribution in [1.29, 1.82) is 0 Å². The third-order valence-corrected chi connectivity index (χ3v) is 1.17. The van der Waals surface area contributed by atoms with Crippen LogP contribution in [0.1, 0.15) is 6.92 Å². The van der Waals surface area contributed by atoms with Gasteiger partial charge in [0.05, 0.1) is 0 Å². The number of ether oxygens (including phenoxy) is 1. The van der Waals surface area contributed by atoms with E-state index in [1.165, 1.54) is 0 Å². The minimum Gasteiger partial charge on any atom is -1.00 e. The molecule has 1 aromatic rings. The van der Waals surface area contributed by atoms with E-state index in [0.29, 0.717) is 6.61 Å². The number of halogens is 1. The first-order valence-electron chi connectivity index (χ1n) is 3.52. The van der Waals surface area contributed by atoms with Crippen LogP contribution in [-0.2, 0) is 0 Å². The number of benzene rings is 1. The van der Waals surface area contributed by atoms with E-state index >= 15 is 0 Å². The summed E-state index contributed by atoms with van der Waals surface area (Å²) in [5.74, 6) is 0.867. The second-order valence-electron chi connectivity index (χ2n) is 2.48. The SMILES string of the molecule is C=C(C)COc1cc[c-]cc1.[Br-].[Mg+2]. The van der Waals surface area contributed by atoms with Gasteiger partial charge in [-0.05, 0) is 12.5 Å². The molecular formula is C10H11BrMgO. The summed E-state index contributed by atoms with van der Waals surface area (Å²) in [5.41, 5.74) is 1.03. The fourth-order valence-electron chi connectivity index (χ4n) is 0.674. The minimum absolute atomic E-state index is 0. The zero-order valence-electron chi connectivity index (χ0n) is 7.72. The van der Waals surface area contributed by atoms with Crippen LogP contribution in [-0.4, -0.2) is 29.7 Å². The summed E-state index contributed by atoms with van der Waals surface area (Å²) in [4.78, 5) is 0. The summed E-state index contributed by atoms with van der Waals surface area (Å²) in [6.07, 6.45) is 0. The van der Waals surface area contributed by atoms with E-state index in [1.807, 2.05) is 31.2 Å². The second-order valence-corrected chi connectivity index (χ2v) is 2.48. The minimum atomic E-state index is 0. The van der Waals surface area contributed by atoms with Crippen molar-refractivity contribution in [2.24, 2.45) is 0 Å². The van der Waals surface area contributed by atoms with Gasteiger partial charge in [-0.25, -0.2) is 0 Å². The largest absolute Gasteiger partial charge is 2.00 e. The first kappa shape index (κ1) is 15.5. The Morgan fingerprint density at radius 2 is 2.00 bits per heavy atom. The Bertz CT molecular complexity index is 236. The Hall–Kier alpha value is 0.00623. The van der Waals surface area contributed by atoms with Crippen molar-refractivity contribution in [3.8, 4) is 5.75 Å². The topological polar surface area (TPSA) is 9.23 Å².